The number of hydrogen-bond acceptors (Lipinski definition) is 4. The molecule has 4 aromatic rings. The lowest BCUT2D eigenvalue weighted by molar-refractivity contribution is 0.102. The highest BCUT2D eigenvalue weighted by Gasteiger charge is 2.20. The molecule has 0 atom stereocenters. The number of amides is 1. The number of halogens is 2. The van der Waals surface area contributed by atoms with E-state index in [1.165, 1.54) is 16.8 Å². The fraction of sp³-hybridized carbons (Fsp3) is 0.174. The summed E-state index contributed by atoms with van der Waals surface area (Å²) < 4.78 is 22.2. The molecule has 7 nitrogen and oxygen atoms in total. The van der Waals surface area contributed by atoms with Gasteiger partial charge in [0.1, 0.15) is 23.3 Å². The zero-order chi connectivity index (χ0) is 22.5. The molecule has 1 N–H and O–H groups in total. The first-order valence-corrected chi connectivity index (χ1v) is 10.4. The zero-order valence-electron chi connectivity index (χ0n) is 17.3. The maximum absolute atomic E-state index is 13.1. The number of hydrogen-bond donors (Lipinski definition) is 1. The van der Waals surface area contributed by atoms with E-state index in [0.29, 0.717) is 42.4 Å². The first-order chi connectivity index (χ1) is 15.5. The van der Waals surface area contributed by atoms with E-state index in [2.05, 4.69) is 15.5 Å². The Morgan fingerprint density at radius 3 is 2.75 bits per heavy atom. The van der Waals surface area contributed by atoms with Gasteiger partial charge in [0.2, 0.25) is 0 Å². The third-order valence-corrected chi connectivity index (χ3v) is 5.16. The van der Waals surface area contributed by atoms with Crippen LogP contribution in [0.4, 0.5) is 10.1 Å². The molecular weight excluding hydrogens is 433 g/mol. The second-order valence-electron chi connectivity index (χ2n) is 7.13. The first-order valence-electron chi connectivity index (χ1n) is 9.98. The summed E-state index contributed by atoms with van der Waals surface area (Å²) in [6, 6.07) is 15.0. The Bertz CT molecular complexity index is 1210. The number of benzene rings is 2. The van der Waals surface area contributed by atoms with Crippen molar-refractivity contribution in [2.45, 2.75) is 20.0 Å². The second kappa shape index (κ2) is 9.65. The number of ether oxygens (including phenoxy) is 1. The molecule has 2 heterocycles. The number of carbonyl (C=O) groups excluding carboxylic acids is 1. The van der Waals surface area contributed by atoms with Crippen molar-refractivity contribution in [1.29, 1.82) is 0 Å². The van der Waals surface area contributed by atoms with Gasteiger partial charge in [-0.2, -0.15) is 10.2 Å². The van der Waals surface area contributed by atoms with Gasteiger partial charge in [-0.3, -0.25) is 9.48 Å². The predicted octanol–water partition coefficient (Wildman–Crippen LogP) is 4.56. The average Bonchev–Trinajstić information content (AvgIpc) is 3.38. The highest BCUT2D eigenvalue weighted by atomic mass is 35.5. The topological polar surface area (TPSA) is 74.0 Å². The van der Waals surface area contributed by atoms with E-state index >= 15 is 0 Å². The van der Waals surface area contributed by atoms with Crippen molar-refractivity contribution in [2.75, 3.05) is 11.9 Å². The average molecular weight is 454 g/mol. The minimum Gasteiger partial charge on any atom is -0.492 e. The Kier molecular flexibility index (Phi) is 6.51. The van der Waals surface area contributed by atoms with E-state index in [1.54, 1.807) is 48.1 Å². The third kappa shape index (κ3) is 5.15. The van der Waals surface area contributed by atoms with Gasteiger partial charge in [-0.1, -0.05) is 29.8 Å². The lowest BCUT2D eigenvalue weighted by atomic mass is 10.2. The number of aryl methyl sites for hydroxylation is 1. The van der Waals surface area contributed by atoms with E-state index in [4.69, 9.17) is 16.3 Å². The Hall–Kier alpha value is -3.65. The minimum atomic E-state index is -0.369. The van der Waals surface area contributed by atoms with E-state index in [9.17, 15) is 9.18 Å². The van der Waals surface area contributed by atoms with Crippen LogP contribution in [-0.4, -0.2) is 32.1 Å². The van der Waals surface area contributed by atoms with Crippen molar-refractivity contribution in [2.24, 2.45) is 0 Å². The number of carbonyl (C=O) groups is 1. The summed E-state index contributed by atoms with van der Waals surface area (Å²) in [4.78, 5) is 12.9. The maximum atomic E-state index is 13.1. The summed E-state index contributed by atoms with van der Waals surface area (Å²) >= 11 is 6.45. The van der Waals surface area contributed by atoms with Gasteiger partial charge < -0.3 is 10.1 Å². The van der Waals surface area contributed by atoms with Crippen LogP contribution in [0.1, 0.15) is 21.6 Å². The van der Waals surface area contributed by atoms with Crippen molar-refractivity contribution < 1.29 is 13.9 Å². The Labute approximate surface area is 189 Å². The molecule has 0 fully saturated rings. The molecule has 0 saturated carbocycles. The molecule has 0 saturated heterocycles. The van der Waals surface area contributed by atoms with Crippen LogP contribution < -0.4 is 10.1 Å². The second-order valence-corrected chi connectivity index (χ2v) is 7.49. The van der Waals surface area contributed by atoms with Gasteiger partial charge >= 0.3 is 0 Å². The van der Waals surface area contributed by atoms with Crippen LogP contribution >= 0.6 is 11.6 Å². The monoisotopic (exact) mass is 453 g/mol. The number of anilines is 1. The molecule has 0 radical (unpaired) electrons. The van der Waals surface area contributed by atoms with Crippen LogP contribution in [0.15, 0.2) is 67.0 Å². The van der Waals surface area contributed by atoms with Crippen molar-refractivity contribution in [3.8, 4) is 5.75 Å². The van der Waals surface area contributed by atoms with Crippen LogP contribution in [-0.2, 0) is 13.1 Å². The highest BCUT2D eigenvalue weighted by Crippen LogP contribution is 2.24. The van der Waals surface area contributed by atoms with E-state index < -0.39 is 0 Å². The first kappa shape index (κ1) is 21.6. The van der Waals surface area contributed by atoms with Crippen molar-refractivity contribution in [1.82, 2.24) is 19.6 Å². The fourth-order valence-corrected chi connectivity index (χ4v) is 3.55. The van der Waals surface area contributed by atoms with Gasteiger partial charge in [0.25, 0.3) is 5.91 Å². The Morgan fingerprint density at radius 2 is 2.00 bits per heavy atom. The third-order valence-electron chi connectivity index (χ3n) is 4.78. The molecule has 0 aliphatic heterocycles. The number of nitrogens with zero attached hydrogens (tertiary/aromatic N) is 4. The molecular formula is C23H21ClFN5O2. The molecule has 9 heteroatoms. The summed E-state index contributed by atoms with van der Waals surface area (Å²) in [5.41, 5.74) is 2.19. The van der Waals surface area contributed by atoms with Crippen LogP contribution in [0.2, 0.25) is 5.15 Å². The smallest absolute Gasteiger partial charge is 0.260 e. The van der Waals surface area contributed by atoms with Crippen molar-refractivity contribution >= 4 is 23.2 Å². The Balaban J connectivity index is 1.42. The standard InChI is InChI=1S/C23H21ClFN5O2/c1-16-21(22(24)30(28-16)15-17-6-8-18(25)9-7-17)23(31)27-19-4-2-5-20(14-19)32-13-12-29-11-3-10-26-29/h2-11,14H,12-13,15H2,1H3,(H,27,31). The summed E-state index contributed by atoms with van der Waals surface area (Å²) in [6.07, 6.45) is 3.58. The molecule has 2 aromatic heterocycles. The lowest BCUT2D eigenvalue weighted by Crippen LogP contribution is -2.13. The normalized spacial score (nSPS) is 10.8. The van der Waals surface area contributed by atoms with E-state index in [1.807, 2.05) is 18.3 Å². The fourth-order valence-electron chi connectivity index (χ4n) is 3.23. The molecule has 0 unspecified atom stereocenters. The van der Waals surface area contributed by atoms with E-state index in [-0.39, 0.29) is 16.9 Å². The van der Waals surface area contributed by atoms with Crippen molar-refractivity contribution in [3.63, 3.8) is 0 Å². The van der Waals surface area contributed by atoms with Gasteiger partial charge in [-0.25, -0.2) is 9.07 Å². The predicted molar refractivity (Wildman–Crippen MR) is 120 cm³/mol. The van der Waals surface area contributed by atoms with Crippen LogP contribution in [0, 0.1) is 12.7 Å². The van der Waals surface area contributed by atoms with Crippen LogP contribution in [0.3, 0.4) is 0 Å². The molecule has 0 bridgehead atoms. The molecule has 164 valence electrons. The van der Waals surface area contributed by atoms with Crippen LogP contribution in [0.5, 0.6) is 5.75 Å². The zero-order valence-corrected chi connectivity index (χ0v) is 18.1. The minimum absolute atomic E-state index is 0.218. The van der Waals surface area contributed by atoms with Crippen LogP contribution in [0.25, 0.3) is 0 Å². The quantitative estimate of drug-likeness (QED) is 0.424. The summed E-state index contributed by atoms with van der Waals surface area (Å²) in [6.45, 7) is 3.11. The van der Waals surface area contributed by atoms with Gasteiger partial charge in [-0.05, 0) is 42.8 Å². The van der Waals surface area contributed by atoms with E-state index in [0.717, 1.165) is 5.56 Å². The largest absolute Gasteiger partial charge is 0.492 e. The lowest BCUT2D eigenvalue weighted by Gasteiger charge is -2.09. The highest BCUT2D eigenvalue weighted by molar-refractivity contribution is 6.33. The molecule has 0 aliphatic rings. The summed E-state index contributed by atoms with van der Waals surface area (Å²) in [5, 5.41) is 11.6. The number of nitrogens with one attached hydrogen (secondary N) is 1. The van der Waals surface area contributed by atoms with Gasteiger partial charge in [0.05, 0.1) is 24.3 Å². The molecule has 4 rings (SSSR count). The van der Waals surface area contributed by atoms with Gasteiger partial charge in [0.15, 0.2) is 0 Å². The SMILES string of the molecule is Cc1nn(Cc2ccc(F)cc2)c(Cl)c1C(=O)Nc1cccc(OCCn2cccn2)c1. The van der Waals surface area contributed by atoms with Gasteiger partial charge in [-0.15, -0.1) is 0 Å². The number of aromatic nitrogens is 4. The summed E-state index contributed by atoms with van der Waals surface area (Å²) in [5.74, 6) is -0.0551. The molecule has 0 spiro atoms. The molecule has 32 heavy (non-hydrogen) atoms. The Morgan fingerprint density at radius 1 is 1.19 bits per heavy atom. The molecule has 0 aliphatic carbocycles. The summed E-state index contributed by atoms with van der Waals surface area (Å²) in [7, 11) is 0. The molecule has 2 aromatic carbocycles. The number of rotatable bonds is 8. The van der Waals surface area contributed by atoms with Gasteiger partial charge in [0, 0.05) is 24.1 Å². The maximum Gasteiger partial charge on any atom is 0.260 e. The van der Waals surface area contributed by atoms with Crippen molar-refractivity contribution in [3.05, 3.63) is 94.8 Å². The molecule has 1 amide bonds.